The second-order valence-corrected chi connectivity index (χ2v) is 7.08. The van der Waals surface area contributed by atoms with Crippen molar-refractivity contribution < 1.29 is 0 Å². The van der Waals surface area contributed by atoms with E-state index in [2.05, 4.69) is 39.2 Å². The standard InChI is InChI=1S/C20H25N5O/c1-3-25-19(22-23(2)20(25)26)17-10-6-12-24(14-17)13-16-8-4-7-15-9-5-11-21-18(15)16/h4-5,7-9,11,17H,3,6,10,12-14H2,1-2H3/t17-/m0/s1. The highest BCUT2D eigenvalue weighted by molar-refractivity contribution is 5.81. The largest absolute Gasteiger partial charge is 0.345 e. The van der Waals surface area contributed by atoms with Crippen LogP contribution in [0.2, 0.25) is 0 Å². The third-order valence-corrected chi connectivity index (χ3v) is 5.33. The minimum atomic E-state index is -0.0159. The van der Waals surface area contributed by atoms with Crippen molar-refractivity contribution in [1.29, 1.82) is 0 Å². The molecule has 1 aliphatic rings. The number of aromatic nitrogens is 4. The van der Waals surface area contributed by atoms with Gasteiger partial charge >= 0.3 is 5.69 Å². The molecule has 0 saturated carbocycles. The third-order valence-electron chi connectivity index (χ3n) is 5.33. The fourth-order valence-corrected chi connectivity index (χ4v) is 4.07. The van der Waals surface area contributed by atoms with Gasteiger partial charge in [-0.1, -0.05) is 24.3 Å². The van der Waals surface area contributed by atoms with Gasteiger partial charge in [-0.15, -0.1) is 0 Å². The predicted molar refractivity (Wildman–Crippen MR) is 102 cm³/mol. The zero-order valence-corrected chi connectivity index (χ0v) is 15.4. The first-order valence-corrected chi connectivity index (χ1v) is 9.36. The molecule has 3 heterocycles. The highest BCUT2D eigenvalue weighted by Crippen LogP contribution is 2.27. The fraction of sp³-hybridized carbons (Fsp3) is 0.450. The summed E-state index contributed by atoms with van der Waals surface area (Å²) in [6, 6.07) is 10.5. The smallest absolute Gasteiger partial charge is 0.298 e. The zero-order chi connectivity index (χ0) is 18.1. The summed E-state index contributed by atoms with van der Waals surface area (Å²) in [6.45, 7) is 5.57. The average molecular weight is 351 g/mol. The lowest BCUT2D eigenvalue weighted by molar-refractivity contribution is 0.195. The van der Waals surface area contributed by atoms with E-state index in [9.17, 15) is 4.79 Å². The van der Waals surface area contributed by atoms with Crippen molar-refractivity contribution in [3.8, 4) is 0 Å². The number of piperidine rings is 1. The molecular weight excluding hydrogens is 326 g/mol. The van der Waals surface area contributed by atoms with E-state index in [0.717, 1.165) is 43.8 Å². The summed E-state index contributed by atoms with van der Waals surface area (Å²) in [5.74, 6) is 1.24. The van der Waals surface area contributed by atoms with Crippen LogP contribution < -0.4 is 5.69 Å². The zero-order valence-electron chi connectivity index (χ0n) is 15.4. The molecule has 1 fully saturated rings. The van der Waals surface area contributed by atoms with E-state index in [1.54, 1.807) is 7.05 Å². The van der Waals surface area contributed by atoms with Crippen LogP contribution in [0.3, 0.4) is 0 Å². The van der Waals surface area contributed by atoms with Gasteiger partial charge in [-0.3, -0.25) is 14.5 Å². The molecule has 0 bridgehead atoms. The van der Waals surface area contributed by atoms with Crippen molar-refractivity contribution >= 4 is 10.9 Å². The van der Waals surface area contributed by atoms with Gasteiger partial charge in [-0.05, 0) is 37.9 Å². The second-order valence-electron chi connectivity index (χ2n) is 7.08. The monoisotopic (exact) mass is 351 g/mol. The molecule has 0 spiro atoms. The van der Waals surface area contributed by atoms with Gasteiger partial charge < -0.3 is 0 Å². The first kappa shape index (κ1) is 17.0. The number of likely N-dealkylation sites (tertiary alicyclic amines) is 1. The number of pyridine rings is 1. The number of hydrogen-bond acceptors (Lipinski definition) is 4. The van der Waals surface area contributed by atoms with Crippen LogP contribution in [0.25, 0.3) is 10.9 Å². The molecule has 6 heteroatoms. The fourth-order valence-electron chi connectivity index (χ4n) is 4.07. The minimum Gasteiger partial charge on any atom is -0.298 e. The van der Waals surface area contributed by atoms with Gasteiger partial charge in [0.1, 0.15) is 5.82 Å². The van der Waals surface area contributed by atoms with E-state index in [0.29, 0.717) is 12.5 Å². The lowest BCUT2D eigenvalue weighted by Crippen LogP contribution is -2.35. The van der Waals surface area contributed by atoms with Crippen LogP contribution >= 0.6 is 0 Å². The first-order valence-electron chi connectivity index (χ1n) is 9.36. The quantitative estimate of drug-likeness (QED) is 0.725. The molecule has 1 saturated heterocycles. The molecule has 0 N–H and O–H groups in total. The molecule has 0 amide bonds. The highest BCUT2D eigenvalue weighted by Gasteiger charge is 2.26. The van der Waals surface area contributed by atoms with Crippen LogP contribution in [0.1, 0.15) is 37.1 Å². The SMILES string of the molecule is CCn1c([C@H]2CCCN(Cc3cccc4cccnc34)C2)nn(C)c1=O. The van der Waals surface area contributed by atoms with Gasteiger partial charge in [-0.25, -0.2) is 9.48 Å². The summed E-state index contributed by atoms with van der Waals surface area (Å²) in [5, 5.41) is 5.71. The molecule has 136 valence electrons. The number of fused-ring (bicyclic) bond motifs is 1. The Balaban J connectivity index is 1.58. The van der Waals surface area contributed by atoms with Gasteiger partial charge in [0.25, 0.3) is 0 Å². The number of aryl methyl sites for hydroxylation is 1. The average Bonchev–Trinajstić information content (AvgIpc) is 2.96. The molecule has 1 aromatic carbocycles. The maximum absolute atomic E-state index is 12.2. The van der Waals surface area contributed by atoms with Gasteiger partial charge in [-0.2, -0.15) is 5.10 Å². The summed E-state index contributed by atoms with van der Waals surface area (Å²) in [6.07, 6.45) is 4.07. The Morgan fingerprint density at radius 1 is 1.23 bits per heavy atom. The molecule has 0 radical (unpaired) electrons. The summed E-state index contributed by atoms with van der Waals surface area (Å²) in [7, 11) is 1.74. The third kappa shape index (κ3) is 3.05. The molecule has 0 unspecified atom stereocenters. The summed E-state index contributed by atoms with van der Waals surface area (Å²) < 4.78 is 3.28. The summed E-state index contributed by atoms with van der Waals surface area (Å²) >= 11 is 0. The summed E-state index contributed by atoms with van der Waals surface area (Å²) in [5.41, 5.74) is 2.33. The van der Waals surface area contributed by atoms with E-state index in [1.165, 1.54) is 15.6 Å². The van der Waals surface area contributed by atoms with Gasteiger partial charge in [0.05, 0.1) is 5.52 Å². The molecule has 3 aromatic rings. The van der Waals surface area contributed by atoms with Crippen LogP contribution in [0.5, 0.6) is 0 Å². The Kier molecular flexibility index (Phi) is 4.59. The van der Waals surface area contributed by atoms with Crippen LogP contribution in [-0.2, 0) is 20.1 Å². The predicted octanol–water partition coefficient (Wildman–Crippen LogP) is 2.53. The van der Waals surface area contributed by atoms with E-state index in [1.807, 2.05) is 23.8 Å². The van der Waals surface area contributed by atoms with Crippen molar-refractivity contribution in [3.63, 3.8) is 0 Å². The number of rotatable bonds is 4. The highest BCUT2D eigenvalue weighted by atomic mass is 16.2. The molecule has 1 aliphatic heterocycles. The van der Waals surface area contributed by atoms with E-state index in [4.69, 9.17) is 0 Å². The summed E-state index contributed by atoms with van der Waals surface area (Å²) in [4.78, 5) is 19.3. The Morgan fingerprint density at radius 2 is 2.08 bits per heavy atom. The number of benzene rings is 1. The van der Waals surface area contributed by atoms with E-state index in [-0.39, 0.29) is 5.69 Å². The first-order chi connectivity index (χ1) is 12.7. The molecule has 26 heavy (non-hydrogen) atoms. The van der Waals surface area contributed by atoms with Crippen molar-refractivity contribution in [2.24, 2.45) is 7.05 Å². The Morgan fingerprint density at radius 3 is 2.92 bits per heavy atom. The van der Waals surface area contributed by atoms with E-state index < -0.39 is 0 Å². The topological polar surface area (TPSA) is 56.0 Å². The molecule has 6 nitrogen and oxygen atoms in total. The molecule has 4 rings (SSSR count). The van der Waals surface area contributed by atoms with Crippen molar-refractivity contribution in [2.45, 2.75) is 38.8 Å². The second kappa shape index (κ2) is 7.03. The van der Waals surface area contributed by atoms with Crippen LogP contribution in [0, 0.1) is 0 Å². The Hall–Kier alpha value is -2.47. The molecule has 2 aromatic heterocycles. The number of para-hydroxylation sites is 1. The minimum absolute atomic E-state index is 0.0159. The normalized spacial score (nSPS) is 18.5. The van der Waals surface area contributed by atoms with Crippen LogP contribution in [0.15, 0.2) is 41.3 Å². The van der Waals surface area contributed by atoms with Crippen molar-refractivity contribution in [1.82, 2.24) is 24.2 Å². The lowest BCUT2D eigenvalue weighted by atomic mass is 9.96. The molecule has 1 atom stereocenters. The van der Waals surface area contributed by atoms with Crippen LogP contribution in [0.4, 0.5) is 0 Å². The van der Waals surface area contributed by atoms with Crippen LogP contribution in [-0.4, -0.2) is 37.3 Å². The molecule has 0 aliphatic carbocycles. The van der Waals surface area contributed by atoms with Crippen molar-refractivity contribution in [2.75, 3.05) is 13.1 Å². The maximum Gasteiger partial charge on any atom is 0.345 e. The lowest BCUT2D eigenvalue weighted by Gasteiger charge is -2.32. The van der Waals surface area contributed by atoms with Gasteiger partial charge in [0.15, 0.2) is 0 Å². The maximum atomic E-state index is 12.2. The van der Waals surface area contributed by atoms with Crippen molar-refractivity contribution in [3.05, 3.63) is 58.4 Å². The van der Waals surface area contributed by atoms with E-state index >= 15 is 0 Å². The van der Waals surface area contributed by atoms with Gasteiger partial charge in [0.2, 0.25) is 0 Å². The Bertz CT molecular complexity index is 968. The van der Waals surface area contributed by atoms with Gasteiger partial charge in [0, 0.05) is 44.2 Å². The number of nitrogens with zero attached hydrogens (tertiary/aromatic N) is 5. The number of hydrogen-bond donors (Lipinski definition) is 0. The molecular formula is C20H25N5O. The Labute approximate surface area is 153 Å².